The van der Waals surface area contributed by atoms with E-state index in [1.54, 1.807) is 11.6 Å². The molecule has 1 amide bonds. The summed E-state index contributed by atoms with van der Waals surface area (Å²) in [7, 11) is 0. The first kappa shape index (κ1) is 23.6. The molecule has 0 aliphatic carbocycles. The van der Waals surface area contributed by atoms with E-state index in [4.69, 9.17) is 5.21 Å². The zero-order valence-electron chi connectivity index (χ0n) is 20.1. The average molecular weight is 479 g/mol. The number of nitrogens with one attached hydrogen (secondary N) is 3. The maximum absolute atomic E-state index is 11.2. The molecule has 0 saturated heterocycles. The number of aromatic amines is 2. The Hall–Kier alpha value is -4.13. The molecule has 0 radical (unpaired) electrons. The van der Waals surface area contributed by atoms with Crippen LogP contribution in [0, 0.1) is 0 Å². The third-order valence-electron chi connectivity index (χ3n) is 6.67. The lowest BCUT2D eigenvalue weighted by molar-refractivity contribution is -0.124. The highest BCUT2D eigenvalue weighted by Crippen LogP contribution is 2.21. The first-order chi connectivity index (χ1) is 17.7. The van der Waals surface area contributed by atoms with Crippen LogP contribution in [0.1, 0.15) is 22.3 Å². The number of carbonyl (C=O) groups excluding carboxylic acids is 1. The summed E-state index contributed by atoms with van der Waals surface area (Å²) in [6.45, 7) is 2.73. The van der Waals surface area contributed by atoms with Crippen molar-refractivity contribution in [2.45, 2.75) is 19.4 Å². The van der Waals surface area contributed by atoms with Gasteiger partial charge in [0.05, 0.1) is 0 Å². The zero-order chi connectivity index (χ0) is 24.7. The first-order valence-corrected chi connectivity index (χ1v) is 12.2. The zero-order valence-corrected chi connectivity index (χ0v) is 20.1. The Bertz CT molecular complexity index is 1400. The van der Waals surface area contributed by atoms with Gasteiger partial charge in [0.1, 0.15) is 0 Å². The second-order valence-electron chi connectivity index (χ2n) is 9.05. The van der Waals surface area contributed by atoms with Crippen LogP contribution in [0.25, 0.3) is 27.9 Å². The largest absolute Gasteiger partial charge is 0.361 e. The molecule has 0 fully saturated rings. The van der Waals surface area contributed by atoms with E-state index in [9.17, 15) is 4.79 Å². The fourth-order valence-electron chi connectivity index (χ4n) is 4.71. The second-order valence-corrected chi connectivity index (χ2v) is 9.05. The third kappa shape index (κ3) is 5.57. The number of rotatable bonds is 10. The predicted octanol–water partition coefficient (Wildman–Crippen LogP) is 5.46. The normalized spacial score (nSPS) is 11.7. The minimum Gasteiger partial charge on any atom is -0.361 e. The molecule has 6 nitrogen and oxygen atoms in total. The molecule has 0 aliphatic heterocycles. The first-order valence-electron chi connectivity index (χ1n) is 12.2. The van der Waals surface area contributed by atoms with Gasteiger partial charge in [-0.1, -0.05) is 60.7 Å². The van der Waals surface area contributed by atoms with Gasteiger partial charge >= 0.3 is 0 Å². The molecule has 0 unspecified atom stereocenters. The molecule has 5 rings (SSSR count). The van der Waals surface area contributed by atoms with Crippen LogP contribution in [0.5, 0.6) is 0 Å². The van der Waals surface area contributed by atoms with E-state index in [-0.39, 0.29) is 0 Å². The number of fused-ring (bicyclic) bond motifs is 2. The lowest BCUT2D eigenvalue weighted by atomic mass is 10.1. The summed E-state index contributed by atoms with van der Waals surface area (Å²) in [6, 6.07) is 25.1. The fraction of sp³-hybridized carbons (Fsp3) is 0.167. The van der Waals surface area contributed by atoms with Crippen molar-refractivity contribution >= 4 is 33.8 Å². The van der Waals surface area contributed by atoms with Gasteiger partial charge in [-0.2, -0.15) is 0 Å². The van der Waals surface area contributed by atoms with Crippen molar-refractivity contribution in [3.63, 3.8) is 0 Å². The van der Waals surface area contributed by atoms with Crippen molar-refractivity contribution in [2.75, 3.05) is 13.1 Å². The highest BCUT2D eigenvalue weighted by atomic mass is 16.5. The van der Waals surface area contributed by atoms with E-state index in [0.717, 1.165) is 38.0 Å². The third-order valence-corrected chi connectivity index (χ3v) is 6.67. The SMILES string of the molecule is O=C(/C=C/c1ccc(CN(CCc2c[nH]c3ccccc23)CCc2c[nH]c3ccccc23)cc1)NO. The van der Waals surface area contributed by atoms with Crippen molar-refractivity contribution < 1.29 is 10.0 Å². The molecule has 2 heterocycles. The van der Waals surface area contributed by atoms with E-state index in [0.29, 0.717) is 0 Å². The number of hydroxylamine groups is 1. The van der Waals surface area contributed by atoms with Crippen LogP contribution < -0.4 is 5.48 Å². The number of benzene rings is 3. The summed E-state index contributed by atoms with van der Waals surface area (Å²) in [5.74, 6) is -0.542. The molecule has 0 atom stereocenters. The molecule has 0 spiro atoms. The van der Waals surface area contributed by atoms with Crippen LogP contribution in [0.2, 0.25) is 0 Å². The minimum absolute atomic E-state index is 0.542. The molecule has 2 aromatic heterocycles. The summed E-state index contributed by atoms with van der Waals surface area (Å²) in [5, 5.41) is 11.2. The van der Waals surface area contributed by atoms with Crippen LogP contribution in [-0.4, -0.2) is 39.1 Å². The van der Waals surface area contributed by atoms with Gasteiger partial charge in [0, 0.05) is 59.9 Å². The van der Waals surface area contributed by atoms with Crippen molar-refractivity contribution in [1.29, 1.82) is 0 Å². The summed E-state index contributed by atoms with van der Waals surface area (Å²) in [6.07, 6.45) is 9.19. The maximum Gasteiger partial charge on any atom is 0.267 e. The molecular weight excluding hydrogens is 448 g/mol. The van der Waals surface area contributed by atoms with Gasteiger partial charge in [-0.3, -0.25) is 14.9 Å². The Morgan fingerprint density at radius 3 is 1.92 bits per heavy atom. The number of nitrogens with zero attached hydrogens (tertiary/aromatic N) is 1. The number of carbonyl (C=O) groups is 1. The molecule has 6 heteroatoms. The van der Waals surface area contributed by atoms with Crippen LogP contribution in [0.4, 0.5) is 0 Å². The van der Waals surface area contributed by atoms with Gasteiger partial charge in [-0.15, -0.1) is 0 Å². The van der Waals surface area contributed by atoms with Gasteiger partial charge in [-0.25, -0.2) is 5.48 Å². The van der Waals surface area contributed by atoms with Gasteiger partial charge in [-0.05, 0) is 53.3 Å². The number of hydrogen-bond acceptors (Lipinski definition) is 3. The Morgan fingerprint density at radius 2 is 1.36 bits per heavy atom. The summed E-state index contributed by atoms with van der Waals surface area (Å²) >= 11 is 0. The topological polar surface area (TPSA) is 84.2 Å². The summed E-state index contributed by atoms with van der Waals surface area (Å²) in [5.41, 5.74) is 8.77. The number of hydrogen-bond donors (Lipinski definition) is 4. The molecule has 182 valence electrons. The molecular formula is C30H30N4O2. The highest BCUT2D eigenvalue weighted by molar-refractivity contribution is 5.90. The highest BCUT2D eigenvalue weighted by Gasteiger charge is 2.11. The molecule has 3 aromatic carbocycles. The van der Waals surface area contributed by atoms with E-state index >= 15 is 0 Å². The minimum atomic E-state index is -0.542. The average Bonchev–Trinajstić information content (AvgIpc) is 3.53. The summed E-state index contributed by atoms with van der Waals surface area (Å²) in [4.78, 5) is 20.5. The van der Waals surface area contributed by atoms with Gasteiger partial charge in [0.15, 0.2) is 0 Å². The van der Waals surface area contributed by atoms with Crippen LogP contribution >= 0.6 is 0 Å². The predicted molar refractivity (Wildman–Crippen MR) is 145 cm³/mol. The van der Waals surface area contributed by atoms with Crippen molar-refractivity contribution in [2.24, 2.45) is 0 Å². The molecule has 0 bridgehead atoms. The van der Waals surface area contributed by atoms with Gasteiger partial charge in [0.25, 0.3) is 5.91 Å². The van der Waals surface area contributed by atoms with Crippen LogP contribution in [0.15, 0.2) is 91.3 Å². The fourth-order valence-corrected chi connectivity index (χ4v) is 4.71. The second kappa shape index (κ2) is 11.1. The molecule has 36 heavy (non-hydrogen) atoms. The molecule has 0 aliphatic rings. The van der Waals surface area contributed by atoms with Crippen molar-refractivity contribution in [1.82, 2.24) is 20.3 Å². The van der Waals surface area contributed by atoms with E-state index in [2.05, 4.69) is 87.9 Å². The Kier molecular flexibility index (Phi) is 7.26. The monoisotopic (exact) mass is 478 g/mol. The molecule has 4 N–H and O–H groups in total. The van der Waals surface area contributed by atoms with E-state index in [1.807, 2.05) is 12.1 Å². The standard InChI is InChI=1S/C30H30N4O2/c35-30(33-36)14-13-22-9-11-23(12-10-22)21-34(17-15-24-19-31-28-7-3-1-5-26(24)28)18-16-25-20-32-29-8-4-2-6-27(25)29/h1-14,19-20,31-32,36H,15-18,21H2,(H,33,35)/b14-13+. The number of aromatic nitrogens is 2. The van der Waals surface area contributed by atoms with E-state index < -0.39 is 5.91 Å². The Balaban J connectivity index is 1.30. The quantitative estimate of drug-likeness (QED) is 0.122. The number of para-hydroxylation sites is 2. The number of amides is 1. The Morgan fingerprint density at radius 1 is 0.806 bits per heavy atom. The van der Waals surface area contributed by atoms with Crippen molar-refractivity contribution in [3.8, 4) is 0 Å². The smallest absolute Gasteiger partial charge is 0.267 e. The lowest BCUT2D eigenvalue weighted by Crippen LogP contribution is -2.28. The molecule has 0 saturated carbocycles. The molecule has 5 aromatic rings. The Labute approximate surface area is 210 Å². The van der Waals surface area contributed by atoms with Crippen molar-refractivity contribution in [3.05, 3.63) is 114 Å². The number of H-pyrrole nitrogens is 2. The van der Waals surface area contributed by atoms with Gasteiger partial charge < -0.3 is 9.97 Å². The summed E-state index contributed by atoms with van der Waals surface area (Å²) < 4.78 is 0. The van der Waals surface area contributed by atoms with E-state index in [1.165, 1.54) is 44.6 Å². The van der Waals surface area contributed by atoms with Crippen LogP contribution in [-0.2, 0) is 24.2 Å². The van der Waals surface area contributed by atoms with Gasteiger partial charge in [0.2, 0.25) is 0 Å². The van der Waals surface area contributed by atoms with Crippen LogP contribution in [0.3, 0.4) is 0 Å². The maximum atomic E-state index is 11.2. The lowest BCUT2D eigenvalue weighted by Gasteiger charge is -2.22.